The Hall–Kier alpha value is -3.85. The van der Waals surface area contributed by atoms with E-state index in [9.17, 15) is 23.2 Å². The second-order valence-corrected chi connectivity index (χ2v) is 8.30. The number of benzene rings is 1. The van der Waals surface area contributed by atoms with E-state index < -0.39 is 12.1 Å². The predicted octanol–water partition coefficient (Wildman–Crippen LogP) is 2.52. The summed E-state index contributed by atoms with van der Waals surface area (Å²) in [4.78, 5) is 28.9. The van der Waals surface area contributed by atoms with Crippen molar-refractivity contribution in [3.05, 3.63) is 57.6 Å². The summed E-state index contributed by atoms with van der Waals surface area (Å²) in [5, 5.41) is 16.6. The fraction of sp³-hybridized carbons (Fsp3) is 0.391. The summed E-state index contributed by atoms with van der Waals surface area (Å²) in [5.41, 5.74) is 10.8. The zero-order valence-electron chi connectivity index (χ0n) is 19.2. The lowest BCUT2D eigenvalue weighted by Crippen LogP contribution is -2.43. The zero-order chi connectivity index (χ0) is 25.9. The van der Waals surface area contributed by atoms with E-state index in [4.69, 9.17) is 15.6 Å². The Morgan fingerprint density at radius 2 is 2.00 bits per heavy atom. The Kier molecular flexibility index (Phi) is 7.50. The number of aromatic nitrogens is 3. The molecule has 12 heteroatoms. The van der Waals surface area contributed by atoms with Gasteiger partial charge in [0.1, 0.15) is 5.52 Å². The van der Waals surface area contributed by atoms with Gasteiger partial charge in [0.25, 0.3) is 0 Å². The molecule has 0 aliphatic carbocycles. The van der Waals surface area contributed by atoms with Gasteiger partial charge in [-0.15, -0.1) is 0 Å². The number of anilines is 1. The number of nitriles is 1. The maximum atomic E-state index is 13.1. The van der Waals surface area contributed by atoms with Crippen LogP contribution in [0.5, 0.6) is 0 Å². The van der Waals surface area contributed by atoms with Crippen LogP contribution in [0, 0.1) is 18.3 Å². The summed E-state index contributed by atoms with van der Waals surface area (Å²) in [7, 11) is 1.75. The van der Waals surface area contributed by atoms with Gasteiger partial charge >= 0.3 is 17.8 Å². The molecule has 4 rings (SSSR count). The highest BCUT2D eigenvalue weighted by molar-refractivity contribution is 5.87. The largest absolute Gasteiger partial charge is 0.490 e. The molecule has 0 spiro atoms. The van der Waals surface area contributed by atoms with E-state index in [2.05, 4.69) is 16.0 Å². The Morgan fingerprint density at radius 3 is 2.60 bits per heavy atom. The number of nitrogens with zero attached hydrogens (tertiary/aromatic N) is 5. The first kappa shape index (κ1) is 25.8. The molecular formula is C23H25F3N6O3. The maximum absolute atomic E-state index is 13.1. The zero-order valence-corrected chi connectivity index (χ0v) is 19.2. The van der Waals surface area contributed by atoms with Crippen LogP contribution >= 0.6 is 0 Å². The van der Waals surface area contributed by atoms with E-state index in [1.165, 1.54) is 0 Å². The highest BCUT2D eigenvalue weighted by atomic mass is 19.4. The lowest BCUT2D eigenvalue weighted by molar-refractivity contribution is -0.192. The second-order valence-electron chi connectivity index (χ2n) is 8.30. The molecule has 3 N–H and O–H groups in total. The van der Waals surface area contributed by atoms with E-state index >= 15 is 0 Å². The Bertz CT molecular complexity index is 1340. The van der Waals surface area contributed by atoms with Crippen LogP contribution in [0.4, 0.5) is 18.9 Å². The minimum atomic E-state index is -5.08. The molecule has 2 aromatic heterocycles. The molecule has 0 radical (unpaired) electrons. The number of fused-ring (bicyclic) bond motifs is 1. The number of piperidine rings is 1. The number of nitrogens with two attached hydrogens (primary N) is 1. The summed E-state index contributed by atoms with van der Waals surface area (Å²) in [6, 6.07) is 11.8. The lowest BCUT2D eigenvalue weighted by atomic mass is 10.1. The Balaban J connectivity index is 0.000000429. The van der Waals surface area contributed by atoms with Gasteiger partial charge in [0.2, 0.25) is 0 Å². The van der Waals surface area contributed by atoms with Crippen molar-refractivity contribution in [2.45, 2.75) is 38.5 Å². The second kappa shape index (κ2) is 10.2. The number of pyridine rings is 1. The van der Waals surface area contributed by atoms with Crippen LogP contribution < -0.4 is 16.3 Å². The molecule has 0 saturated carbocycles. The smallest absolute Gasteiger partial charge is 0.475 e. The third kappa shape index (κ3) is 5.63. The first-order chi connectivity index (χ1) is 16.4. The molecule has 0 amide bonds. The molecule has 1 atom stereocenters. The van der Waals surface area contributed by atoms with Gasteiger partial charge in [-0.3, -0.25) is 9.13 Å². The number of hydrogen-bond acceptors (Lipinski definition) is 6. The maximum Gasteiger partial charge on any atom is 0.490 e. The molecule has 1 fully saturated rings. The van der Waals surface area contributed by atoms with E-state index in [-0.39, 0.29) is 11.7 Å². The summed E-state index contributed by atoms with van der Waals surface area (Å²) in [6.07, 6.45) is -3.04. The molecule has 0 unspecified atom stereocenters. The van der Waals surface area contributed by atoms with Gasteiger partial charge in [-0.25, -0.2) is 14.6 Å². The van der Waals surface area contributed by atoms with Crippen LogP contribution in [0.3, 0.4) is 0 Å². The van der Waals surface area contributed by atoms with E-state index in [1.54, 1.807) is 22.2 Å². The van der Waals surface area contributed by atoms with Crippen molar-refractivity contribution in [2.24, 2.45) is 12.8 Å². The minimum Gasteiger partial charge on any atom is -0.475 e. The molecule has 1 aliphatic rings. The van der Waals surface area contributed by atoms with E-state index in [0.29, 0.717) is 17.8 Å². The first-order valence-corrected chi connectivity index (χ1v) is 10.8. The summed E-state index contributed by atoms with van der Waals surface area (Å²) < 4.78 is 35.1. The highest BCUT2D eigenvalue weighted by Crippen LogP contribution is 2.29. The number of carboxylic acids is 1. The number of hydrogen-bond donors (Lipinski definition) is 2. The lowest BCUT2D eigenvalue weighted by Gasteiger charge is -2.33. The fourth-order valence-electron chi connectivity index (χ4n) is 4.05. The van der Waals surface area contributed by atoms with Crippen molar-refractivity contribution >= 4 is 22.8 Å². The summed E-state index contributed by atoms with van der Waals surface area (Å²) in [6.45, 7) is 3.94. The average Bonchev–Trinajstić information content (AvgIpc) is 3.03. The van der Waals surface area contributed by atoms with Gasteiger partial charge in [-0.1, -0.05) is 18.2 Å². The molecule has 0 bridgehead atoms. The SMILES string of the molecule is Cc1cc(N2CCC[C@@H](N)C2)c2c(n1)n(C)c(=O)n2Cc1ccccc1C#N.O=C(O)C(F)(F)F. The minimum absolute atomic E-state index is 0.125. The van der Waals surface area contributed by atoms with E-state index in [1.807, 2.05) is 31.2 Å². The van der Waals surface area contributed by atoms with Crippen molar-refractivity contribution in [3.63, 3.8) is 0 Å². The fourth-order valence-corrected chi connectivity index (χ4v) is 4.05. The molecule has 3 aromatic rings. The van der Waals surface area contributed by atoms with Gasteiger partial charge in [0.05, 0.1) is 23.9 Å². The molecule has 35 heavy (non-hydrogen) atoms. The first-order valence-electron chi connectivity index (χ1n) is 10.8. The summed E-state index contributed by atoms with van der Waals surface area (Å²) in [5.74, 6) is -2.76. The van der Waals surface area contributed by atoms with Crippen LogP contribution in [0.2, 0.25) is 0 Å². The number of rotatable bonds is 3. The molecule has 3 heterocycles. The summed E-state index contributed by atoms with van der Waals surface area (Å²) >= 11 is 0. The van der Waals surface area contributed by atoms with Crippen molar-refractivity contribution in [1.29, 1.82) is 5.26 Å². The van der Waals surface area contributed by atoms with Gasteiger partial charge < -0.3 is 15.7 Å². The van der Waals surface area contributed by atoms with Crippen molar-refractivity contribution in [3.8, 4) is 6.07 Å². The van der Waals surface area contributed by atoms with E-state index in [0.717, 1.165) is 48.4 Å². The van der Waals surface area contributed by atoms with Crippen molar-refractivity contribution in [1.82, 2.24) is 14.1 Å². The van der Waals surface area contributed by atoms with Gasteiger partial charge in [0.15, 0.2) is 5.65 Å². The predicted molar refractivity (Wildman–Crippen MR) is 123 cm³/mol. The van der Waals surface area contributed by atoms with Crippen molar-refractivity contribution < 1.29 is 23.1 Å². The van der Waals surface area contributed by atoms with Crippen molar-refractivity contribution in [2.75, 3.05) is 18.0 Å². The monoisotopic (exact) mass is 490 g/mol. The number of imidazole rings is 1. The van der Waals surface area contributed by atoms with Gasteiger partial charge in [-0.2, -0.15) is 18.4 Å². The quantitative estimate of drug-likeness (QED) is 0.577. The topological polar surface area (TPSA) is 130 Å². The van der Waals surface area contributed by atoms with Crippen LogP contribution in [0.1, 0.15) is 29.7 Å². The third-order valence-corrected chi connectivity index (χ3v) is 5.70. The standard InChI is InChI=1S/C21H24N6O.C2HF3O2/c1-14-10-18(26-9-5-8-17(23)13-26)19-20(24-14)25(2)21(28)27(19)12-16-7-4-3-6-15(16)11-22;3-2(4,5)1(6)7/h3-4,6-7,10,17H,5,8-9,12-13,23H2,1-2H3;(H,6,7)/t17-;/m1./s1. The average molecular weight is 490 g/mol. The van der Waals surface area contributed by atoms with Crippen LogP contribution in [0.15, 0.2) is 35.1 Å². The third-order valence-electron chi connectivity index (χ3n) is 5.70. The molecule has 186 valence electrons. The van der Waals surface area contributed by atoms with Crippen LogP contribution in [-0.2, 0) is 18.4 Å². The van der Waals surface area contributed by atoms with Gasteiger partial charge in [-0.05, 0) is 37.5 Å². The molecule has 1 aliphatic heterocycles. The molecule has 9 nitrogen and oxygen atoms in total. The number of aliphatic carboxylic acids is 1. The Morgan fingerprint density at radius 1 is 1.34 bits per heavy atom. The molecule has 1 saturated heterocycles. The van der Waals surface area contributed by atoms with Crippen LogP contribution in [0.25, 0.3) is 11.2 Å². The highest BCUT2D eigenvalue weighted by Gasteiger charge is 2.38. The number of alkyl halides is 3. The number of halogens is 3. The van der Waals surface area contributed by atoms with Gasteiger partial charge in [0, 0.05) is 31.9 Å². The number of carbonyl (C=O) groups is 1. The normalized spacial score (nSPS) is 15.9. The van der Waals surface area contributed by atoms with Crippen LogP contribution in [-0.4, -0.2) is 50.5 Å². The molecular weight excluding hydrogens is 465 g/mol. The number of carboxylic acid groups (broad SMARTS) is 1. The molecule has 1 aromatic carbocycles. The number of aryl methyl sites for hydroxylation is 2. The Labute approximate surface area is 198 Å².